The van der Waals surface area contributed by atoms with Gasteiger partial charge in [-0.25, -0.2) is 0 Å². The highest BCUT2D eigenvalue weighted by Gasteiger charge is 2.06. The Morgan fingerprint density at radius 2 is 2.23 bits per heavy atom. The van der Waals surface area contributed by atoms with Crippen molar-refractivity contribution in [2.45, 2.75) is 11.5 Å². The molecule has 0 fully saturated rings. The van der Waals surface area contributed by atoms with Crippen molar-refractivity contribution >= 4 is 39.1 Å². The topological polar surface area (TPSA) is 46.2 Å². The molecule has 68 valence electrons. The number of nitrogens with two attached hydrogens (primary N) is 1. The highest BCUT2D eigenvalue weighted by atomic mass is 32.1. The van der Waals surface area contributed by atoms with Crippen LogP contribution in [0.3, 0.4) is 0 Å². The van der Waals surface area contributed by atoms with Crippen LogP contribution in [0, 0.1) is 0 Å². The summed E-state index contributed by atoms with van der Waals surface area (Å²) in [6, 6.07) is 5.78. The monoisotopic (exact) mass is 211 g/mol. The molecule has 13 heavy (non-hydrogen) atoms. The zero-order valence-corrected chi connectivity index (χ0v) is 8.53. The summed E-state index contributed by atoms with van der Waals surface area (Å²) in [5, 5.41) is 10.7. The second kappa shape index (κ2) is 3.21. The van der Waals surface area contributed by atoms with Gasteiger partial charge in [0.1, 0.15) is 5.00 Å². The summed E-state index contributed by atoms with van der Waals surface area (Å²) in [5.74, 6) is 0. The summed E-state index contributed by atoms with van der Waals surface area (Å²) in [6.45, 7) is 0.0545. The van der Waals surface area contributed by atoms with E-state index in [1.165, 1.54) is 11.3 Å². The minimum atomic E-state index is 0.0545. The largest absolute Gasteiger partial charge is 0.392 e. The molecule has 0 unspecified atom stereocenters. The van der Waals surface area contributed by atoms with Gasteiger partial charge in [0.2, 0.25) is 0 Å². The van der Waals surface area contributed by atoms with Gasteiger partial charge in [0, 0.05) is 15.0 Å². The lowest BCUT2D eigenvalue weighted by Crippen LogP contribution is -1.81. The number of benzene rings is 1. The number of thiophene rings is 1. The summed E-state index contributed by atoms with van der Waals surface area (Å²) < 4.78 is 1.11. The van der Waals surface area contributed by atoms with Crippen molar-refractivity contribution in [2.75, 3.05) is 5.73 Å². The Morgan fingerprint density at radius 3 is 2.92 bits per heavy atom. The van der Waals surface area contributed by atoms with Crippen LogP contribution < -0.4 is 5.73 Å². The fraction of sp³-hybridized carbons (Fsp3) is 0.111. The van der Waals surface area contributed by atoms with E-state index in [4.69, 9.17) is 10.8 Å². The van der Waals surface area contributed by atoms with E-state index >= 15 is 0 Å². The molecule has 4 heteroatoms. The molecule has 0 aliphatic rings. The molecule has 0 saturated heterocycles. The van der Waals surface area contributed by atoms with Gasteiger partial charge in [0.25, 0.3) is 0 Å². The molecule has 2 rings (SSSR count). The normalized spacial score (nSPS) is 10.9. The quantitative estimate of drug-likeness (QED) is 0.634. The van der Waals surface area contributed by atoms with Gasteiger partial charge < -0.3 is 10.8 Å². The van der Waals surface area contributed by atoms with Gasteiger partial charge in [-0.15, -0.1) is 24.0 Å². The van der Waals surface area contributed by atoms with Crippen LogP contribution in [0.25, 0.3) is 10.1 Å². The summed E-state index contributed by atoms with van der Waals surface area (Å²) >= 11 is 5.82. The van der Waals surface area contributed by atoms with E-state index < -0.39 is 0 Å². The lowest BCUT2D eigenvalue weighted by Gasteiger charge is -1.95. The van der Waals surface area contributed by atoms with Gasteiger partial charge in [0.15, 0.2) is 0 Å². The van der Waals surface area contributed by atoms with Crippen LogP contribution >= 0.6 is 24.0 Å². The standard InChI is InChI=1S/C9H9NOS2/c10-9-8(12)6-3-5(4-11)1-2-7(6)13-9/h1-3,11-12H,4,10H2. The van der Waals surface area contributed by atoms with Crippen LogP contribution in [0.2, 0.25) is 0 Å². The van der Waals surface area contributed by atoms with Crippen LogP contribution in [-0.4, -0.2) is 5.11 Å². The SMILES string of the molecule is Nc1sc2ccc(CO)cc2c1S. The van der Waals surface area contributed by atoms with Gasteiger partial charge in [-0.2, -0.15) is 0 Å². The van der Waals surface area contributed by atoms with Gasteiger partial charge in [0.05, 0.1) is 6.61 Å². The van der Waals surface area contributed by atoms with E-state index in [9.17, 15) is 0 Å². The van der Waals surface area contributed by atoms with Crippen molar-refractivity contribution in [3.05, 3.63) is 23.8 Å². The van der Waals surface area contributed by atoms with Gasteiger partial charge >= 0.3 is 0 Å². The van der Waals surface area contributed by atoms with E-state index in [2.05, 4.69) is 12.6 Å². The Morgan fingerprint density at radius 1 is 1.46 bits per heavy atom. The van der Waals surface area contributed by atoms with Crippen LogP contribution in [0.1, 0.15) is 5.56 Å². The molecule has 0 atom stereocenters. The summed E-state index contributed by atoms with van der Waals surface area (Å²) in [6.07, 6.45) is 0. The molecular formula is C9H9NOS2. The third-order valence-corrected chi connectivity index (χ3v) is 3.57. The second-order valence-electron chi connectivity index (χ2n) is 2.80. The van der Waals surface area contributed by atoms with Crippen molar-refractivity contribution < 1.29 is 5.11 Å². The lowest BCUT2D eigenvalue weighted by atomic mass is 10.2. The number of aliphatic hydroxyl groups excluding tert-OH is 1. The van der Waals surface area contributed by atoms with Crippen molar-refractivity contribution in [2.24, 2.45) is 0 Å². The number of hydrogen-bond acceptors (Lipinski definition) is 4. The highest BCUT2D eigenvalue weighted by molar-refractivity contribution is 7.81. The Labute approximate surface area is 85.4 Å². The van der Waals surface area contributed by atoms with Gasteiger partial charge in [-0.05, 0) is 17.7 Å². The number of aliphatic hydroxyl groups is 1. The van der Waals surface area contributed by atoms with E-state index in [0.29, 0.717) is 0 Å². The van der Waals surface area contributed by atoms with Crippen LogP contribution in [0.15, 0.2) is 23.1 Å². The van der Waals surface area contributed by atoms with E-state index in [1.54, 1.807) is 0 Å². The molecule has 0 bridgehead atoms. The smallest absolute Gasteiger partial charge is 0.100 e. The number of thiol groups is 1. The summed E-state index contributed by atoms with van der Waals surface area (Å²) in [7, 11) is 0. The molecule has 0 aliphatic heterocycles. The molecule has 1 heterocycles. The molecule has 1 aromatic carbocycles. The number of anilines is 1. The number of fused-ring (bicyclic) bond motifs is 1. The Balaban J connectivity index is 2.75. The maximum Gasteiger partial charge on any atom is 0.100 e. The van der Waals surface area contributed by atoms with Crippen molar-refractivity contribution in [1.29, 1.82) is 0 Å². The maximum atomic E-state index is 8.94. The number of hydrogen-bond donors (Lipinski definition) is 3. The fourth-order valence-electron chi connectivity index (χ4n) is 1.25. The average Bonchev–Trinajstić information content (AvgIpc) is 2.43. The van der Waals surface area contributed by atoms with Crippen molar-refractivity contribution in [3.8, 4) is 0 Å². The Hall–Kier alpha value is -0.710. The molecule has 0 radical (unpaired) electrons. The molecule has 1 aromatic heterocycles. The highest BCUT2D eigenvalue weighted by Crippen LogP contribution is 2.36. The summed E-state index contributed by atoms with van der Waals surface area (Å²) in [5.41, 5.74) is 6.61. The zero-order valence-electron chi connectivity index (χ0n) is 6.82. The molecular weight excluding hydrogens is 202 g/mol. The molecule has 0 spiro atoms. The first kappa shape index (κ1) is 8.87. The third kappa shape index (κ3) is 1.41. The van der Waals surface area contributed by atoms with E-state index in [-0.39, 0.29) is 6.61 Å². The molecule has 0 saturated carbocycles. The number of rotatable bonds is 1. The Kier molecular flexibility index (Phi) is 2.19. The van der Waals surface area contributed by atoms with E-state index in [0.717, 1.165) is 25.5 Å². The second-order valence-corrected chi connectivity index (χ2v) is 4.33. The molecule has 2 aromatic rings. The van der Waals surface area contributed by atoms with Crippen molar-refractivity contribution in [1.82, 2.24) is 0 Å². The van der Waals surface area contributed by atoms with E-state index in [1.807, 2.05) is 18.2 Å². The predicted molar refractivity (Wildman–Crippen MR) is 59.4 cm³/mol. The van der Waals surface area contributed by atoms with Crippen LogP contribution in [0.5, 0.6) is 0 Å². The zero-order chi connectivity index (χ0) is 9.42. The first-order valence-electron chi connectivity index (χ1n) is 3.83. The minimum Gasteiger partial charge on any atom is -0.392 e. The molecule has 2 nitrogen and oxygen atoms in total. The minimum absolute atomic E-state index is 0.0545. The fourth-order valence-corrected chi connectivity index (χ4v) is 2.50. The first-order valence-corrected chi connectivity index (χ1v) is 5.09. The molecule has 0 aliphatic carbocycles. The van der Waals surface area contributed by atoms with Gasteiger partial charge in [-0.3, -0.25) is 0 Å². The molecule has 0 amide bonds. The first-order chi connectivity index (χ1) is 6.22. The predicted octanol–water partition coefficient (Wildman–Crippen LogP) is 2.26. The number of nitrogen functional groups attached to an aromatic ring is 1. The van der Waals surface area contributed by atoms with Crippen LogP contribution in [0.4, 0.5) is 5.00 Å². The third-order valence-electron chi connectivity index (χ3n) is 1.93. The van der Waals surface area contributed by atoms with Crippen molar-refractivity contribution in [3.63, 3.8) is 0 Å². The van der Waals surface area contributed by atoms with Gasteiger partial charge in [-0.1, -0.05) is 6.07 Å². The summed E-state index contributed by atoms with van der Waals surface area (Å²) in [4.78, 5) is 0.815. The molecule has 3 N–H and O–H groups in total. The van der Waals surface area contributed by atoms with Crippen LogP contribution in [-0.2, 0) is 6.61 Å². The average molecular weight is 211 g/mol. The Bertz CT molecular complexity index is 450. The maximum absolute atomic E-state index is 8.94. The lowest BCUT2D eigenvalue weighted by molar-refractivity contribution is 0.282.